The van der Waals surface area contributed by atoms with Crippen molar-refractivity contribution in [2.24, 2.45) is 7.05 Å². The molecule has 4 rings (SSSR count). The zero-order chi connectivity index (χ0) is 16.0. The summed E-state index contributed by atoms with van der Waals surface area (Å²) in [6.45, 7) is 9.57. The smallest absolute Gasteiger partial charge is 0.238 e. The third-order valence-electron chi connectivity index (χ3n) is 4.37. The Morgan fingerprint density at radius 2 is 1.70 bits per heavy atom. The number of nitrogens with zero attached hydrogens (tertiary/aromatic N) is 2. The largest absolute Gasteiger partial charge is 0.449 e. The molecule has 0 aliphatic rings. The van der Waals surface area contributed by atoms with Gasteiger partial charge in [0.05, 0.1) is 12.0 Å². The maximum Gasteiger partial charge on any atom is 0.238 e. The standard InChI is InChI=1S/C20H15N2O/c1-13-14-8-5-7-11-19(14)23-20(13)18-12-16(21-2)15-9-4-6-10-17(15)22(18)3/h4-12H,1,3H3/q+1. The number of furan rings is 1. The zero-order valence-corrected chi connectivity index (χ0v) is 13.0. The van der Waals surface area contributed by atoms with Gasteiger partial charge in [0, 0.05) is 23.1 Å². The van der Waals surface area contributed by atoms with Crippen LogP contribution in [0.3, 0.4) is 0 Å². The number of aromatic nitrogens is 1. The van der Waals surface area contributed by atoms with Gasteiger partial charge < -0.3 is 4.42 Å². The van der Waals surface area contributed by atoms with E-state index in [4.69, 9.17) is 11.0 Å². The van der Waals surface area contributed by atoms with Gasteiger partial charge in [0.15, 0.2) is 0 Å². The van der Waals surface area contributed by atoms with Crippen molar-refractivity contribution in [3.63, 3.8) is 0 Å². The van der Waals surface area contributed by atoms with Gasteiger partial charge in [-0.1, -0.05) is 36.4 Å². The summed E-state index contributed by atoms with van der Waals surface area (Å²) in [5, 5.41) is 2.07. The molecular weight excluding hydrogens is 284 g/mol. The molecule has 0 saturated heterocycles. The second-order valence-corrected chi connectivity index (χ2v) is 5.66. The first kappa shape index (κ1) is 13.5. The van der Waals surface area contributed by atoms with Gasteiger partial charge in [-0.25, -0.2) is 4.85 Å². The van der Waals surface area contributed by atoms with Crippen molar-refractivity contribution < 1.29 is 8.98 Å². The summed E-state index contributed by atoms with van der Waals surface area (Å²) in [5.41, 5.74) is 4.56. The Bertz CT molecular complexity index is 1100. The molecule has 0 bridgehead atoms. The summed E-state index contributed by atoms with van der Waals surface area (Å²) in [6.07, 6.45) is 0. The van der Waals surface area contributed by atoms with Crippen molar-refractivity contribution in [2.75, 3.05) is 0 Å². The SMILES string of the molecule is [C-]#[N+]c1cc(-c2oc3ccccc3c2C)[n+](C)c2ccccc12. The molecule has 0 radical (unpaired) electrons. The Balaban J connectivity index is 2.11. The van der Waals surface area contributed by atoms with Crippen molar-refractivity contribution in [2.45, 2.75) is 6.92 Å². The maximum atomic E-state index is 7.50. The van der Waals surface area contributed by atoms with E-state index < -0.39 is 0 Å². The lowest BCUT2D eigenvalue weighted by molar-refractivity contribution is -0.634. The second-order valence-electron chi connectivity index (χ2n) is 5.66. The average molecular weight is 299 g/mol. The molecule has 0 saturated carbocycles. The number of pyridine rings is 1. The Labute approximate surface area is 134 Å². The van der Waals surface area contributed by atoms with E-state index in [0.29, 0.717) is 5.69 Å². The normalized spacial score (nSPS) is 11.0. The van der Waals surface area contributed by atoms with Crippen LogP contribution in [0.25, 0.3) is 38.2 Å². The third kappa shape index (κ3) is 1.92. The van der Waals surface area contributed by atoms with Gasteiger partial charge in [-0.3, -0.25) is 0 Å². The van der Waals surface area contributed by atoms with E-state index in [2.05, 4.69) is 22.4 Å². The second kappa shape index (κ2) is 4.96. The number of rotatable bonds is 1. The Kier molecular flexibility index (Phi) is 2.92. The van der Waals surface area contributed by atoms with Crippen LogP contribution < -0.4 is 4.57 Å². The van der Waals surface area contributed by atoms with Crippen molar-refractivity contribution >= 4 is 27.6 Å². The van der Waals surface area contributed by atoms with Crippen molar-refractivity contribution in [1.82, 2.24) is 0 Å². The Morgan fingerprint density at radius 1 is 1.00 bits per heavy atom. The van der Waals surface area contributed by atoms with E-state index in [0.717, 1.165) is 38.9 Å². The third-order valence-corrected chi connectivity index (χ3v) is 4.37. The zero-order valence-electron chi connectivity index (χ0n) is 13.0. The van der Waals surface area contributed by atoms with Gasteiger partial charge in [-0.2, -0.15) is 4.57 Å². The van der Waals surface area contributed by atoms with Crippen LogP contribution in [0, 0.1) is 13.5 Å². The van der Waals surface area contributed by atoms with Crippen LogP contribution in [-0.4, -0.2) is 0 Å². The number of para-hydroxylation sites is 2. The van der Waals surface area contributed by atoms with E-state index in [1.165, 1.54) is 0 Å². The van der Waals surface area contributed by atoms with Crippen LogP contribution in [-0.2, 0) is 7.05 Å². The van der Waals surface area contributed by atoms with Crippen LogP contribution >= 0.6 is 0 Å². The highest BCUT2D eigenvalue weighted by molar-refractivity contribution is 5.93. The van der Waals surface area contributed by atoms with E-state index in [1.54, 1.807) is 0 Å². The predicted molar refractivity (Wildman–Crippen MR) is 91.3 cm³/mol. The van der Waals surface area contributed by atoms with E-state index in [1.807, 2.05) is 55.6 Å². The van der Waals surface area contributed by atoms with Crippen molar-refractivity contribution in [3.05, 3.63) is 71.6 Å². The van der Waals surface area contributed by atoms with Gasteiger partial charge in [0.2, 0.25) is 22.7 Å². The summed E-state index contributed by atoms with van der Waals surface area (Å²) in [4.78, 5) is 3.70. The minimum atomic E-state index is 0.647. The van der Waals surface area contributed by atoms with E-state index in [9.17, 15) is 0 Å². The Morgan fingerprint density at radius 3 is 2.43 bits per heavy atom. The molecule has 0 aliphatic heterocycles. The summed E-state index contributed by atoms with van der Waals surface area (Å²) >= 11 is 0. The van der Waals surface area contributed by atoms with Crippen LogP contribution in [0.2, 0.25) is 0 Å². The predicted octanol–water partition coefficient (Wildman–Crippen LogP) is 4.94. The monoisotopic (exact) mass is 299 g/mol. The number of fused-ring (bicyclic) bond motifs is 2. The van der Waals surface area contributed by atoms with Crippen LogP contribution in [0.4, 0.5) is 5.69 Å². The molecule has 3 heteroatoms. The molecule has 0 atom stereocenters. The van der Waals surface area contributed by atoms with Crippen LogP contribution in [0.5, 0.6) is 0 Å². The number of aryl methyl sites for hydroxylation is 2. The molecule has 0 fully saturated rings. The van der Waals surface area contributed by atoms with Gasteiger partial charge in [-0.05, 0) is 13.0 Å². The highest BCUT2D eigenvalue weighted by atomic mass is 16.3. The summed E-state index contributed by atoms with van der Waals surface area (Å²) in [7, 11) is 2.01. The summed E-state index contributed by atoms with van der Waals surface area (Å²) < 4.78 is 8.18. The first-order valence-corrected chi connectivity index (χ1v) is 7.48. The lowest BCUT2D eigenvalue weighted by atomic mass is 10.1. The van der Waals surface area contributed by atoms with Gasteiger partial charge in [0.1, 0.15) is 12.6 Å². The average Bonchev–Trinajstić information content (AvgIpc) is 2.93. The molecule has 0 unspecified atom stereocenters. The number of hydrogen-bond donors (Lipinski definition) is 0. The minimum Gasteiger partial charge on any atom is -0.449 e. The van der Waals surface area contributed by atoms with E-state index >= 15 is 0 Å². The number of benzene rings is 2. The fraction of sp³-hybridized carbons (Fsp3) is 0.100. The first-order chi connectivity index (χ1) is 11.2. The highest BCUT2D eigenvalue weighted by Gasteiger charge is 2.23. The topological polar surface area (TPSA) is 21.4 Å². The lowest BCUT2D eigenvalue weighted by Crippen LogP contribution is -2.32. The lowest BCUT2D eigenvalue weighted by Gasteiger charge is -2.04. The first-order valence-electron chi connectivity index (χ1n) is 7.48. The van der Waals surface area contributed by atoms with Gasteiger partial charge >= 0.3 is 0 Å². The molecule has 2 aromatic heterocycles. The van der Waals surface area contributed by atoms with Crippen LogP contribution in [0.1, 0.15) is 5.56 Å². The molecular formula is C20H15N2O+. The summed E-state index contributed by atoms with van der Waals surface area (Å²) in [6, 6.07) is 17.9. The fourth-order valence-electron chi connectivity index (χ4n) is 3.15. The fourth-order valence-corrected chi connectivity index (χ4v) is 3.15. The molecule has 0 N–H and O–H groups in total. The molecule has 2 aromatic carbocycles. The minimum absolute atomic E-state index is 0.647. The summed E-state index contributed by atoms with van der Waals surface area (Å²) in [5.74, 6) is 0.823. The van der Waals surface area contributed by atoms with E-state index in [-0.39, 0.29) is 0 Å². The van der Waals surface area contributed by atoms with Crippen molar-refractivity contribution in [3.8, 4) is 11.5 Å². The Hall–Kier alpha value is -3.12. The maximum absolute atomic E-state index is 7.50. The highest BCUT2D eigenvalue weighted by Crippen LogP contribution is 2.34. The van der Waals surface area contributed by atoms with Gasteiger partial charge in [0.25, 0.3) is 0 Å². The molecule has 2 heterocycles. The molecule has 3 nitrogen and oxygen atoms in total. The molecule has 110 valence electrons. The molecule has 0 aliphatic carbocycles. The van der Waals surface area contributed by atoms with Gasteiger partial charge in [-0.15, -0.1) is 0 Å². The molecule has 0 spiro atoms. The molecule has 23 heavy (non-hydrogen) atoms. The quantitative estimate of drug-likeness (QED) is 0.360. The molecule has 0 amide bonds. The molecule has 4 aromatic rings. The number of hydrogen-bond acceptors (Lipinski definition) is 1. The van der Waals surface area contributed by atoms with Crippen molar-refractivity contribution in [1.29, 1.82) is 0 Å². The van der Waals surface area contributed by atoms with Crippen LogP contribution in [0.15, 0.2) is 59.0 Å².